The van der Waals surface area contributed by atoms with Crippen molar-refractivity contribution in [3.63, 3.8) is 0 Å². The first-order chi connectivity index (χ1) is 20.3. The number of carbonyl (C=O) groups is 3. The second-order valence-corrected chi connectivity index (χ2v) is 12.7. The average molecular weight is 648 g/mol. The third-order valence-electron chi connectivity index (χ3n) is 5.86. The number of carboxylic acid groups (broad SMARTS) is 1. The van der Waals surface area contributed by atoms with Crippen LogP contribution in [-0.4, -0.2) is 78.0 Å². The highest BCUT2D eigenvalue weighted by Crippen LogP contribution is 2.46. The molecule has 2 aliphatic rings. The fraction of sp³-hybridized carbons (Fsp3) is 0.292. The van der Waals surface area contributed by atoms with Crippen molar-refractivity contribution in [2.24, 2.45) is 12.2 Å². The minimum atomic E-state index is -1.24. The summed E-state index contributed by atoms with van der Waals surface area (Å²) in [5.74, 6) is -2.25. The van der Waals surface area contributed by atoms with E-state index < -0.39 is 29.2 Å². The van der Waals surface area contributed by atoms with Crippen LogP contribution in [0, 0.1) is 5.41 Å². The van der Waals surface area contributed by atoms with Gasteiger partial charge in [0.05, 0.1) is 5.69 Å². The Morgan fingerprint density at radius 2 is 2.14 bits per heavy atom. The molecule has 218 valence electrons. The van der Waals surface area contributed by atoms with E-state index in [1.54, 1.807) is 6.92 Å². The minimum absolute atomic E-state index is 0.00243. The summed E-state index contributed by atoms with van der Waals surface area (Å²) < 4.78 is 11.6. The molecule has 42 heavy (non-hydrogen) atoms. The number of carboxylic acids is 1. The van der Waals surface area contributed by atoms with Gasteiger partial charge in [0.1, 0.15) is 37.4 Å². The molecular formula is C24H23N8O6S4+. The van der Waals surface area contributed by atoms with E-state index in [2.05, 4.69) is 24.8 Å². The number of ether oxygens (including phenoxy) is 1. The van der Waals surface area contributed by atoms with E-state index in [0.29, 0.717) is 20.0 Å². The molecule has 2 aliphatic heterocycles. The number of amides is 2. The highest BCUT2D eigenvalue weighted by molar-refractivity contribution is 8.07. The number of nitrogens with one attached hydrogen (secondary N) is 2. The summed E-state index contributed by atoms with van der Waals surface area (Å²) in [6.45, 7) is 1.86. The van der Waals surface area contributed by atoms with Gasteiger partial charge in [-0.2, -0.15) is 4.37 Å². The molecule has 2 amide bonds. The van der Waals surface area contributed by atoms with Gasteiger partial charge in [0.15, 0.2) is 28.1 Å². The fourth-order valence-corrected chi connectivity index (χ4v) is 7.96. The standard InChI is InChI=1S/C24H22N8O6S4/c1-3-38-29-16(19-27-15(42-30-19)8-37-11-25)20(33)28-17-21(34)32-18(23(35)36)14(10-39-22(17)32)41-24-26-13(9-40-24)12-4-6-31(2)7-5-12/h4-7,9,11,17,22,25H,3,8,10H2,1-2H3,(H-,28,33,35,36)/p+1/t17-,22-/m1/s1. The highest BCUT2D eigenvalue weighted by Gasteiger charge is 2.54. The van der Waals surface area contributed by atoms with Crippen molar-refractivity contribution in [2.75, 3.05) is 12.4 Å². The lowest BCUT2D eigenvalue weighted by molar-refractivity contribution is -0.671. The van der Waals surface area contributed by atoms with E-state index >= 15 is 0 Å². The maximum absolute atomic E-state index is 13.2. The van der Waals surface area contributed by atoms with Crippen LogP contribution in [0.1, 0.15) is 17.8 Å². The van der Waals surface area contributed by atoms with Crippen molar-refractivity contribution in [2.45, 2.75) is 29.3 Å². The average Bonchev–Trinajstić information content (AvgIpc) is 3.65. The third-order valence-corrected chi connectivity index (χ3v) is 10.0. The normalized spacial score (nSPS) is 18.3. The monoisotopic (exact) mass is 647 g/mol. The molecule has 14 nitrogen and oxygen atoms in total. The summed E-state index contributed by atoms with van der Waals surface area (Å²) in [6, 6.07) is 2.90. The molecule has 3 aromatic rings. The van der Waals surface area contributed by atoms with Crippen molar-refractivity contribution >= 4 is 76.3 Å². The number of oxime groups is 1. The van der Waals surface area contributed by atoms with Crippen molar-refractivity contribution < 1.29 is 33.6 Å². The smallest absolute Gasteiger partial charge is 0.353 e. The van der Waals surface area contributed by atoms with Crippen LogP contribution < -0.4 is 9.88 Å². The molecular weight excluding hydrogens is 625 g/mol. The number of β-lactam (4-membered cyclic amide) rings is 1. The maximum Gasteiger partial charge on any atom is 0.353 e. The number of rotatable bonds is 12. The molecule has 0 saturated carbocycles. The van der Waals surface area contributed by atoms with Crippen molar-refractivity contribution in [1.29, 1.82) is 5.41 Å². The van der Waals surface area contributed by atoms with Crippen LogP contribution >= 0.6 is 46.4 Å². The van der Waals surface area contributed by atoms with Crippen LogP contribution in [-0.2, 0) is 37.6 Å². The summed E-state index contributed by atoms with van der Waals surface area (Å²) in [5, 5.41) is 25.2. The quantitative estimate of drug-likeness (QED) is 0.0857. The fourth-order valence-electron chi connectivity index (χ4n) is 3.93. The number of aliphatic carboxylic acids is 1. The predicted octanol–water partition coefficient (Wildman–Crippen LogP) is 1.84. The summed E-state index contributed by atoms with van der Waals surface area (Å²) in [6.07, 6.45) is 4.60. The molecule has 18 heteroatoms. The number of nitrogens with zero attached hydrogens (tertiary/aromatic N) is 6. The lowest BCUT2D eigenvalue weighted by Gasteiger charge is -2.49. The van der Waals surface area contributed by atoms with Crippen LogP contribution in [0.5, 0.6) is 0 Å². The zero-order valence-corrected chi connectivity index (χ0v) is 25.3. The van der Waals surface area contributed by atoms with E-state index in [-0.39, 0.29) is 30.4 Å². The van der Waals surface area contributed by atoms with Crippen LogP contribution in [0.2, 0.25) is 0 Å². The molecule has 0 aromatic carbocycles. The molecule has 5 rings (SSSR count). The van der Waals surface area contributed by atoms with Crippen molar-refractivity contribution in [3.8, 4) is 11.3 Å². The van der Waals surface area contributed by atoms with E-state index in [9.17, 15) is 19.5 Å². The van der Waals surface area contributed by atoms with Gasteiger partial charge in [-0.05, 0) is 18.5 Å². The van der Waals surface area contributed by atoms with Gasteiger partial charge in [-0.1, -0.05) is 16.9 Å². The number of hydrogen-bond donors (Lipinski definition) is 3. The Labute approximate surface area is 255 Å². The first-order valence-corrected chi connectivity index (χ1v) is 15.8. The summed E-state index contributed by atoms with van der Waals surface area (Å²) >= 11 is 4.92. The van der Waals surface area contributed by atoms with E-state index in [4.69, 9.17) is 15.0 Å². The summed E-state index contributed by atoms with van der Waals surface area (Å²) in [4.78, 5) is 54.3. The Morgan fingerprint density at radius 3 is 2.86 bits per heavy atom. The van der Waals surface area contributed by atoms with E-state index in [1.807, 2.05) is 41.5 Å². The molecule has 0 aliphatic carbocycles. The maximum atomic E-state index is 13.2. The van der Waals surface area contributed by atoms with Crippen molar-refractivity contribution in [1.82, 2.24) is 24.6 Å². The lowest BCUT2D eigenvalue weighted by atomic mass is 10.0. The number of thiazole rings is 1. The minimum Gasteiger partial charge on any atom is -0.477 e. The van der Waals surface area contributed by atoms with Gasteiger partial charge in [-0.15, -0.1) is 23.1 Å². The van der Waals surface area contributed by atoms with Gasteiger partial charge in [0, 0.05) is 33.7 Å². The number of fused-ring (bicyclic) bond motifs is 1. The van der Waals surface area contributed by atoms with Gasteiger partial charge in [0.25, 0.3) is 11.8 Å². The first kappa shape index (κ1) is 29.6. The molecule has 2 atom stereocenters. The number of carbonyl (C=O) groups excluding carboxylic acids is 2. The highest BCUT2D eigenvalue weighted by atomic mass is 32.2. The molecule has 3 aromatic heterocycles. The Bertz CT molecular complexity index is 1590. The SMILES string of the molecule is CCON=C(C(=O)N[C@@H]1C(=O)N2C(C(=O)O)=C(Sc3nc(-c4cc[n+](C)cc4)cs3)CS[C@H]12)c1nsc(COC=N)n1. The summed E-state index contributed by atoms with van der Waals surface area (Å²) in [5.41, 5.74) is 1.36. The van der Waals surface area contributed by atoms with E-state index in [1.165, 1.54) is 39.8 Å². The van der Waals surface area contributed by atoms with Gasteiger partial charge < -0.3 is 20.0 Å². The zero-order valence-electron chi connectivity index (χ0n) is 22.0. The van der Waals surface area contributed by atoms with Crippen LogP contribution in [0.3, 0.4) is 0 Å². The predicted molar refractivity (Wildman–Crippen MR) is 156 cm³/mol. The lowest BCUT2D eigenvalue weighted by Crippen LogP contribution is -2.71. The number of pyridine rings is 1. The molecule has 5 heterocycles. The van der Waals surface area contributed by atoms with Gasteiger partial charge >= 0.3 is 5.97 Å². The van der Waals surface area contributed by atoms with Crippen LogP contribution in [0.25, 0.3) is 11.3 Å². The second kappa shape index (κ2) is 13.0. The number of hydrogen-bond acceptors (Lipinski definition) is 14. The van der Waals surface area contributed by atoms with Crippen LogP contribution in [0.15, 0.2) is 50.0 Å². The van der Waals surface area contributed by atoms with Gasteiger partial charge in [-0.3, -0.25) is 19.9 Å². The first-order valence-electron chi connectivity index (χ1n) is 12.2. The Hall–Kier alpha value is -3.87. The van der Waals surface area contributed by atoms with E-state index in [0.717, 1.165) is 29.2 Å². The molecule has 1 fully saturated rings. The second-order valence-electron chi connectivity index (χ2n) is 8.59. The molecule has 0 bridgehead atoms. The zero-order chi connectivity index (χ0) is 29.8. The number of aromatic nitrogens is 4. The molecule has 1 saturated heterocycles. The Kier molecular flexibility index (Phi) is 9.15. The molecule has 0 spiro atoms. The van der Waals surface area contributed by atoms with Crippen LogP contribution in [0.4, 0.5) is 0 Å². The number of thioether (sulfide) groups is 2. The van der Waals surface area contributed by atoms with Gasteiger partial charge in [0.2, 0.25) is 11.5 Å². The molecule has 0 radical (unpaired) electrons. The third kappa shape index (κ3) is 6.15. The van der Waals surface area contributed by atoms with Gasteiger partial charge in [-0.25, -0.2) is 19.3 Å². The number of aryl methyl sites for hydroxylation is 1. The van der Waals surface area contributed by atoms with Crippen molar-refractivity contribution in [3.05, 3.63) is 51.3 Å². The topological polar surface area (TPSA) is 184 Å². The Balaban J connectivity index is 1.31. The Morgan fingerprint density at radius 1 is 1.36 bits per heavy atom. The summed E-state index contributed by atoms with van der Waals surface area (Å²) in [7, 11) is 1.92. The molecule has 0 unspecified atom stereocenters. The molecule has 3 N–H and O–H groups in total. The largest absolute Gasteiger partial charge is 0.477 e.